The first kappa shape index (κ1) is 13.2. The monoisotopic (exact) mass is 257 g/mol. The molecule has 4 nitrogen and oxygen atoms in total. The van der Waals surface area contributed by atoms with E-state index in [0.717, 1.165) is 25.7 Å². The number of carbonyl (C=O) groups is 1. The molecule has 1 N–H and O–H groups in total. The fraction of sp³-hybridized carbons (Fsp3) is 0.333. The highest BCUT2D eigenvalue weighted by Gasteiger charge is 2.21. The zero-order chi connectivity index (χ0) is 13.7. The van der Waals surface area contributed by atoms with Crippen molar-refractivity contribution in [3.8, 4) is 11.8 Å². The minimum Gasteiger partial charge on any atom is -0.508 e. The van der Waals surface area contributed by atoms with Crippen LogP contribution in [-0.2, 0) is 9.53 Å². The van der Waals surface area contributed by atoms with E-state index in [1.54, 1.807) is 12.1 Å². The standard InChI is InChI=1S/C15H15NO3/c16-10-12(9-11-5-7-13(17)8-6-11)15(18)19-14-3-1-2-4-14/h5-9,14,17H,1-4H2. The zero-order valence-electron chi connectivity index (χ0n) is 10.5. The van der Waals surface area contributed by atoms with Gasteiger partial charge in [0.2, 0.25) is 0 Å². The Morgan fingerprint density at radius 3 is 2.53 bits per heavy atom. The van der Waals surface area contributed by atoms with Crippen LogP contribution >= 0.6 is 0 Å². The molecular weight excluding hydrogens is 242 g/mol. The lowest BCUT2D eigenvalue weighted by Gasteiger charge is -2.10. The van der Waals surface area contributed by atoms with Gasteiger partial charge in [-0.15, -0.1) is 0 Å². The summed E-state index contributed by atoms with van der Waals surface area (Å²) in [7, 11) is 0. The summed E-state index contributed by atoms with van der Waals surface area (Å²) in [5.74, 6) is -0.424. The Kier molecular flexibility index (Phi) is 4.19. The second kappa shape index (κ2) is 6.05. The number of hydrogen-bond acceptors (Lipinski definition) is 4. The van der Waals surface area contributed by atoms with E-state index in [4.69, 9.17) is 15.1 Å². The molecule has 0 heterocycles. The molecule has 0 radical (unpaired) electrons. The molecule has 1 aliphatic carbocycles. The number of esters is 1. The third-order valence-corrected chi connectivity index (χ3v) is 3.12. The first-order chi connectivity index (χ1) is 9.19. The molecule has 0 bridgehead atoms. The maximum Gasteiger partial charge on any atom is 0.349 e. The van der Waals surface area contributed by atoms with Crippen molar-refractivity contribution in [1.82, 2.24) is 0 Å². The predicted molar refractivity (Wildman–Crippen MR) is 70.0 cm³/mol. The lowest BCUT2D eigenvalue weighted by atomic mass is 10.1. The minimum absolute atomic E-state index is 0.0161. The summed E-state index contributed by atoms with van der Waals surface area (Å²) in [6, 6.07) is 8.14. The van der Waals surface area contributed by atoms with Crippen LogP contribution in [0.1, 0.15) is 31.2 Å². The fourth-order valence-corrected chi connectivity index (χ4v) is 2.10. The number of phenolic OH excluding ortho intramolecular Hbond substituents is 1. The number of benzene rings is 1. The van der Waals surface area contributed by atoms with Crippen LogP contribution in [0, 0.1) is 11.3 Å². The third-order valence-electron chi connectivity index (χ3n) is 3.12. The van der Waals surface area contributed by atoms with Crippen molar-refractivity contribution in [2.24, 2.45) is 0 Å². The van der Waals surface area contributed by atoms with E-state index in [0.29, 0.717) is 5.56 Å². The van der Waals surface area contributed by atoms with Gasteiger partial charge in [-0.1, -0.05) is 12.1 Å². The molecule has 4 heteroatoms. The molecule has 0 aromatic heterocycles. The second-order valence-electron chi connectivity index (χ2n) is 4.57. The van der Waals surface area contributed by atoms with Gasteiger partial charge in [0.15, 0.2) is 0 Å². The van der Waals surface area contributed by atoms with Crippen molar-refractivity contribution in [3.05, 3.63) is 35.4 Å². The average molecular weight is 257 g/mol. The van der Waals surface area contributed by atoms with Gasteiger partial charge in [-0.3, -0.25) is 0 Å². The Hall–Kier alpha value is -2.28. The second-order valence-corrected chi connectivity index (χ2v) is 4.57. The molecule has 0 amide bonds. The van der Waals surface area contributed by atoms with E-state index in [9.17, 15) is 4.79 Å². The van der Waals surface area contributed by atoms with E-state index in [1.165, 1.54) is 18.2 Å². The molecular formula is C15H15NO3. The van der Waals surface area contributed by atoms with Gasteiger partial charge in [-0.2, -0.15) is 5.26 Å². The van der Waals surface area contributed by atoms with Gasteiger partial charge in [0, 0.05) is 0 Å². The smallest absolute Gasteiger partial charge is 0.349 e. The Labute approximate surface area is 111 Å². The molecule has 0 spiro atoms. The molecule has 0 atom stereocenters. The highest BCUT2D eigenvalue weighted by molar-refractivity contribution is 5.98. The van der Waals surface area contributed by atoms with Crippen LogP contribution in [0.4, 0.5) is 0 Å². The number of carbonyl (C=O) groups excluding carboxylic acids is 1. The molecule has 1 saturated carbocycles. The van der Waals surface area contributed by atoms with Gasteiger partial charge in [0.1, 0.15) is 23.5 Å². The van der Waals surface area contributed by atoms with Crippen molar-refractivity contribution < 1.29 is 14.6 Å². The van der Waals surface area contributed by atoms with Crippen LogP contribution in [0.5, 0.6) is 5.75 Å². The lowest BCUT2D eigenvalue weighted by molar-refractivity contribution is -0.143. The Balaban J connectivity index is 2.08. The van der Waals surface area contributed by atoms with Crippen LogP contribution in [0.3, 0.4) is 0 Å². The van der Waals surface area contributed by atoms with E-state index in [2.05, 4.69) is 0 Å². The van der Waals surface area contributed by atoms with E-state index in [1.807, 2.05) is 6.07 Å². The van der Waals surface area contributed by atoms with Crippen LogP contribution in [-0.4, -0.2) is 17.2 Å². The first-order valence-electron chi connectivity index (χ1n) is 6.31. The van der Waals surface area contributed by atoms with Crippen LogP contribution in [0.15, 0.2) is 29.8 Å². The van der Waals surface area contributed by atoms with Gasteiger partial charge in [-0.05, 0) is 49.5 Å². The summed E-state index contributed by atoms with van der Waals surface area (Å²) in [6.45, 7) is 0. The number of aromatic hydroxyl groups is 1. The van der Waals surface area contributed by atoms with Gasteiger partial charge in [0.25, 0.3) is 0 Å². The van der Waals surface area contributed by atoms with Gasteiger partial charge < -0.3 is 9.84 Å². The van der Waals surface area contributed by atoms with Gasteiger partial charge in [-0.25, -0.2) is 4.79 Å². The highest BCUT2D eigenvalue weighted by atomic mass is 16.5. The summed E-state index contributed by atoms with van der Waals surface area (Å²) >= 11 is 0. The predicted octanol–water partition coefficient (Wildman–Crippen LogP) is 2.78. The number of hydrogen-bond donors (Lipinski definition) is 1. The molecule has 2 rings (SSSR count). The largest absolute Gasteiger partial charge is 0.508 e. The minimum atomic E-state index is -0.567. The maximum absolute atomic E-state index is 11.8. The molecule has 19 heavy (non-hydrogen) atoms. The summed E-state index contributed by atoms with van der Waals surface area (Å²) in [5, 5.41) is 18.2. The van der Waals surface area contributed by atoms with Crippen molar-refractivity contribution in [2.45, 2.75) is 31.8 Å². The normalized spacial score (nSPS) is 16.1. The quantitative estimate of drug-likeness (QED) is 0.513. The van der Waals surface area contributed by atoms with E-state index in [-0.39, 0.29) is 17.4 Å². The number of nitriles is 1. The van der Waals surface area contributed by atoms with E-state index >= 15 is 0 Å². The van der Waals surface area contributed by atoms with Crippen LogP contribution in [0.25, 0.3) is 6.08 Å². The van der Waals surface area contributed by atoms with Crippen molar-refractivity contribution in [1.29, 1.82) is 5.26 Å². The first-order valence-corrected chi connectivity index (χ1v) is 6.31. The summed E-state index contributed by atoms with van der Waals surface area (Å²) in [4.78, 5) is 11.8. The Morgan fingerprint density at radius 1 is 1.32 bits per heavy atom. The fourth-order valence-electron chi connectivity index (χ4n) is 2.10. The molecule has 0 saturated heterocycles. The van der Waals surface area contributed by atoms with Gasteiger partial charge >= 0.3 is 5.97 Å². The molecule has 1 aromatic carbocycles. The molecule has 1 aromatic rings. The average Bonchev–Trinajstić information content (AvgIpc) is 2.90. The van der Waals surface area contributed by atoms with Crippen LogP contribution < -0.4 is 0 Å². The summed E-state index contributed by atoms with van der Waals surface area (Å²) in [5.41, 5.74) is 0.662. The third kappa shape index (κ3) is 3.59. The number of phenols is 1. The molecule has 1 aliphatic rings. The molecule has 0 aliphatic heterocycles. The van der Waals surface area contributed by atoms with Gasteiger partial charge in [0.05, 0.1) is 0 Å². The Bertz CT molecular complexity index is 519. The van der Waals surface area contributed by atoms with Crippen molar-refractivity contribution in [3.63, 3.8) is 0 Å². The molecule has 1 fully saturated rings. The summed E-state index contributed by atoms with van der Waals surface area (Å²) in [6.07, 6.45) is 5.32. The topological polar surface area (TPSA) is 70.3 Å². The number of rotatable bonds is 3. The number of ether oxygens (including phenoxy) is 1. The number of nitrogens with zero attached hydrogens (tertiary/aromatic N) is 1. The maximum atomic E-state index is 11.8. The van der Waals surface area contributed by atoms with E-state index < -0.39 is 5.97 Å². The van der Waals surface area contributed by atoms with Crippen LogP contribution in [0.2, 0.25) is 0 Å². The lowest BCUT2D eigenvalue weighted by Crippen LogP contribution is -2.15. The van der Waals surface area contributed by atoms with Crippen molar-refractivity contribution >= 4 is 12.0 Å². The summed E-state index contributed by atoms with van der Waals surface area (Å²) < 4.78 is 5.28. The van der Waals surface area contributed by atoms with Crippen molar-refractivity contribution in [2.75, 3.05) is 0 Å². The zero-order valence-corrected chi connectivity index (χ0v) is 10.5. The Morgan fingerprint density at radius 2 is 1.95 bits per heavy atom. The highest BCUT2D eigenvalue weighted by Crippen LogP contribution is 2.22. The molecule has 0 unspecified atom stereocenters. The molecule has 98 valence electrons. The SMILES string of the molecule is N#CC(=Cc1ccc(O)cc1)C(=O)OC1CCCC1.